The van der Waals surface area contributed by atoms with Gasteiger partial charge in [-0.25, -0.2) is 0 Å². The molecule has 5 rings (SSSR count). The lowest BCUT2D eigenvalue weighted by atomic mass is 9.76. The summed E-state index contributed by atoms with van der Waals surface area (Å²) in [6.07, 6.45) is -2.74. The van der Waals surface area contributed by atoms with Crippen LogP contribution in [0.15, 0.2) is 68.1 Å². The second-order valence-corrected chi connectivity index (χ2v) is 11.2. The Bertz CT molecular complexity index is 1420. The van der Waals surface area contributed by atoms with Gasteiger partial charge in [-0.2, -0.15) is 29.8 Å². The highest BCUT2D eigenvalue weighted by Crippen LogP contribution is 2.47. The van der Waals surface area contributed by atoms with E-state index in [0.717, 1.165) is 23.4 Å². The number of aromatic nitrogens is 2. The van der Waals surface area contributed by atoms with Gasteiger partial charge >= 0.3 is 6.18 Å². The zero-order chi connectivity index (χ0) is 25.4. The van der Waals surface area contributed by atoms with E-state index in [0.29, 0.717) is 39.9 Å². The van der Waals surface area contributed by atoms with Gasteiger partial charge in [0.1, 0.15) is 5.82 Å². The second kappa shape index (κ2) is 9.72. The predicted molar refractivity (Wildman–Crippen MR) is 133 cm³/mol. The molecule has 0 saturated heterocycles. The van der Waals surface area contributed by atoms with Crippen molar-refractivity contribution in [2.24, 2.45) is 5.73 Å². The summed E-state index contributed by atoms with van der Waals surface area (Å²) < 4.78 is 39.6. The van der Waals surface area contributed by atoms with Gasteiger partial charge in [-0.15, -0.1) is 10.2 Å². The minimum Gasteiger partial charge on any atom is -0.384 e. The van der Waals surface area contributed by atoms with Gasteiger partial charge in [0.25, 0.3) is 0 Å². The van der Waals surface area contributed by atoms with Gasteiger partial charge in [-0.1, -0.05) is 41.3 Å². The van der Waals surface area contributed by atoms with Crippen LogP contribution < -0.4 is 10.6 Å². The Labute approximate surface area is 216 Å². The highest BCUT2D eigenvalue weighted by Gasteiger charge is 2.41. The van der Waals surface area contributed by atoms with Crippen molar-refractivity contribution in [1.29, 1.82) is 5.26 Å². The van der Waals surface area contributed by atoms with E-state index in [1.807, 2.05) is 16.8 Å². The van der Waals surface area contributed by atoms with E-state index >= 15 is 0 Å². The molecule has 2 N–H and O–H groups in total. The van der Waals surface area contributed by atoms with Gasteiger partial charge in [-0.05, 0) is 46.9 Å². The van der Waals surface area contributed by atoms with Gasteiger partial charge in [0, 0.05) is 23.4 Å². The minimum atomic E-state index is -4.41. The predicted octanol–water partition coefficient (Wildman–Crippen LogP) is 6.22. The lowest BCUT2D eigenvalue weighted by Gasteiger charge is -2.37. The highest BCUT2D eigenvalue weighted by molar-refractivity contribution is 8.00. The number of hydrogen-bond acceptors (Lipinski definition) is 9. The summed E-state index contributed by atoms with van der Waals surface area (Å²) in [5.74, 6) is -0.0305. The smallest absolute Gasteiger partial charge is 0.384 e. The first-order valence-corrected chi connectivity index (χ1v) is 13.6. The summed E-state index contributed by atoms with van der Waals surface area (Å²) in [7, 11) is 0. The largest absolute Gasteiger partial charge is 0.416 e. The molecule has 3 aromatic rings. The molecule has 12 heteroatoms. The number of nitrogens with two attached hydrogens (primary N) is 1. The molecule has 1 aromatic carbocycles. The molecule has 0 radical (unpaired) electrons. The number of thioether (sulfide) groups is 1. The molecular formula is C24H18F3N5OS3. The van der Waals surface area contributed by atoms with Gasteiger partial charge < -0.3 is 5.73 Å². The Hall–Kier alpha value is -3.14. The second-order valence-electron chi connectivity index (χ2n) is 8.21. The Morgan fingerprint density at radius 2 is 2.08 bits per heavy atom. The first-order valence-electron chi connectivity index (χ1n) is 10.9. The maximum atomic E-state index is 13.1. The zero-order valence-corrected chi connectivity index (χ0v) is 21.0. The molecule has 2 aliphatic rings. The molecule has 6 nitrogen and oxygen atoms in total. The van der Waals surface area contributed by atoms with E-state index in [4.69, 9.17) is 5.73 Å². The van der Waals surface area contributed by atoms with Crippen LogP contribution in [-0.4, -0.2) is 16.0 Å². The van der Waals surface area contributed by atoms with Crippen LogP contribution in [0, 0.1) is 11.3 Å². The number of nitriles is 1. The van der Waals surface area contributed by atoms with Crippen LogP contribution in [0.25, 0.3) is 0 Å². The number of hydrogen-bond donors (Lipinski definition) is 1. The fourth-order valence-corrected chi connectivity index (χ4v) is 6.92. The third-order valence-corrected chi connectivity index (χ3v) is 8.81. The summed E-state index contributed by atoms with van der Waals surface area (Å²) in [6.45, 7) is 0. The normalized spacial score (nSPS) is 18.4. The van der Waals surface area contributed by atoms with Crippen molar-refractivity contribution >= 4 is 45.4 Å². The van der Waals surface area contributed by atoms with Crippen molar-refractivity contribution < 1.29 is 18.0 Å². The van der Waals surface area contributed by atoms with Gasteiger partial charge in [0.05, 0.1) is 23.1 Å². The monoisotopic (exact) mass is 545 g/mol. The molecule has 184 valence electrons. The van der Waals surface area contributed by atoms with Crippen molar-refractivity contribution in [2.45, 2.75) is 41.4 Å². The third kappa shape index (κ3) is 4.54. The number of nitrogens with zero attached hydrogens (tertiary/aromatic N) is 4. The molecule has 1 aliphatic carbocycles. The van der Waals surface area contributed by atoms with E-state index in [-0.39, 0.29) is 22.9 Å². The fraction of sp³-hybridized carbons (Fsp3) is 0.250. The average molecular weight is 546 g/mol. The Balaban J connectivity index is 1.46. The Morgan fingerprint density at radius 3 is 2.81 bits per heavy atom. The van der Waals surface area contributed by atoms with Crippen molar-refractivity contribution in [3.8, 4) is 6.07 Å². The van der Waals surface area contributed by atoms with E-state index < -0.39 is 17.7 Å². The number of thiophene rings is 1. The lowest BCUT2D eigenvalue weighted by molar-refractivity contribution is -0.137. The topological polar surface area (TPSA) is 95.9 Å². The Kier molecular flexibility index (Phi) is 6.63. The number of benzene rings is 1. The maximum Gasteiger partial charge on any atom is 0.416 e. The SMILES string of the molecule is N#CC1=C(N)N(c2nnc(SCc3cccc(C(F)(F)F)c3)s2)C2=C(C(=O)CCC2)[C@H]1c1ccsc1. The summed E-state index contributed by atoms with van der Waals surface area (Å²) in [6, 6.07) is 9.27. The minimum absolute atomic E-state index is 0.0126. The lowest BCUT2D eigenvalue weighted by Crippen LogP contribution is -2.38. The third-order valence-electron chi connectivity index (χ3n) is 5.99. The molecule has 36 heavy (non-hydrogen) atoms. The first kappa shape index (κ1) is 24.5. The molecule has 0 amide bonds. The van der Waals surface area contributed by atoms with Crippen molar-refractivity contribution in [1.82, 2.24) is 10.2 Å². The van der Waals surface area contributed by atoms with Crippen molar-refractivity contribution in [3.05, 3.63) is 80.4 Å². The maximum absolute atomic E-state index is 13.1. The van der Waals surface area contributed by atoms with Crippen LogP contribution in [0.3, 0.4) is 0 Å². The van der Waals surface area contributed by atoms with Crippen LogP contribution >= 0.6 is 34.4 Å². The first-order chi connectivity index (χ1) is 17.3. The molecule has 2 aromatic heterocycles. The van der Waals surface area contributed by atoms with E-state index in [9.17, 15) is 23.2 Å². The summed E-state index contributed by atoms with van der Waals surface area (Å²) >= 11 is 3.97. The van der Waals surface area contributed by atoms with E-state index in [1.165, 1.54) is 40.5 Å². The molecule has 0 spiro atoms. The molecule has 1 atom stereocenters. The van der Waals surface area contributed by atoms with Gasteiger partial charge in [0.2, 0.25) is 5.13 Å². The number of carbonyl (C=O) groups excluding carboxylic acids is 1. The average Bonchev–Trinajstić information content (AvgIpc) is 3.54. The number of alkyl halides is 3. The van der Waals surface area contributed by atoms with Crippen LogP contribution in [0.2, 0.25) is 0 Å². The molecular weight excluding hydrogens is 527 g/mol. The van der Waals surface area contributed by atoms with Gasteiger partial charge in [-0.3, -0.25) is 9.69 Å². The number of anilines is 1. The van der Waals surface area contributed by atoms with Crippen LogP contribution in [0.5, 0.6) is 0 Å². The molecule has 0 fully saturated rings. The highest BCUT2D eigenvalue weighted by atomic mass is 32.2. The number of rotatable bonds is 5. The summed E-state index contributed by atoms with van der Waals surface area (Å²) in [5, 5.41) is 22.7. The standard InChI is InChI=1S/C24H18F3N5OS3/c25-24(26,27)15-4-1-3-13(9-15)11-35-23-31-30-22(36-23)32-17-5-2-6-18(33)20(17)19(14-7-8-34-12-14)16(10-28)21(32)29/h1,3-4,7-9,12,19H,2,5-6,11,29H2/t19-/m0/s1. The van der Waals surface area contributed by atoms with E-state index in [2.05, 4.69) is 16.3 Å². The molecule has 1 aliphatic heterocycles. The molecule has 0 saturated carbocycles. The van der Waals surface area contributed by atoms with Gasteiger partial charge in [0.15, 0.2) is 10.1 Å². The van der Waals surface area contributed by atoms with Crippen molar-refractivity contribution in [3.63, 3.8) is 0 Å². The number of ketones is 1. The number of halogens is 3. The zero-order valence-electron chi connectivity index (χ0n) is 18.6. The van der Waals surface area contributed by atoms with Crippen LogP contribution in [0.4, 0.5) is 18.3 Å². The Morgan fingerprint density at radius 1 is 1.25 bits per heavy atom. The van der Waals surface area contributed by atoms with Crippen molar-refractivity contribution in [2.75, 3.05) is 4.90 Å². The molecule has 3 heterocycles. The number of allylic oxidation sites excluding steroid dienone is 3. The number of Topliss-reactive ketones (excluding diaryl/α,β-unsaturated/α-hetero) is 1. The summed E-state index contributed by atoms with van der Waals surface area (Å²) in [4.78, 5) is 14.7. The fourth-order valence-electron chi connectivity index (χ4n) is 4.41. The quantitative estimate of drug-likeness (QED) is 0.381. The van der Waals surface area contributed by atoms with Crippen LogP contribution in [0.1, 0.15) is 41.9 Å². The van der Waals surface area contributed by atoms with E-state index in [1.54, 1.807) is 11.0 Å². The molecule has 0 bridgehead atoms. The summed E-state index contributed by atoms with van der Waals surface area (Å²) in [5.41, 5.74) is 8.77. The van der Waals surface area contributed by atoms with Crippen LogP contribution in [-0.2, 0) is 16.7 Å². The molecule has 0 unspecified atom stereocenters. The number of carbonyl (C=O) groups is 1.